The van der Waals surface area contributed by atoms with Crippen molar-refractivity contribution in [2.24, 2.45) is 10.8 Å². The second-order valence-electron chi connectivity index (χ2n) is 5.69. The van der Waals surface area contributed by atoms with Gasteiger partial charge in [0.15, 0.2) is 0 Å². The van der Waals surface area contributed by atoms with E-state index in [1.807, 2.05) is 13.8 Å². The summed E-state index contributed by atoms with van der Waals surface area (Å²) < 4.78 is 0. The van der Waals surface area contributed by atoms with Crippen LogP contribution in [-0.2, 0) is 4.79 Å². The summed E-state index contributed by atoms with van der Waals surface area (Å²) in [6.07, 6.45) is 1.99. The number of rotatable bonds is 5. The molecular formula is C11H23NO. The van der Waals surface area contributed by atoms with Gasteiger partial charge < -0.3 is 9.69 Å². The van der Waals surface area contributed by atoms with Gasteiger partial charge in [0.05, 0.1) is 0 Å². The minimum Gasteiger partial charge on any atom is -0.309 e. The Morgan fingerprint density at radius 1 is 1.15 bits per heavy atom. The molecule has 0 aromatic heterocycles. The van der Waals surface area contributed by atoms with E-state index in [4.69, 9.17) is 0 Å². The van der Waals surface area contributed by atoms with Crippen molar-refractivity contribution in [2.45, 2.75) is 34.1 Å². The molecule has 0 aliphatic carbocycles. The van der Waals surface area contributed by atoms with Gasteiger partial charge in [-0.2, -0.15) is 0 Å². The highest BCUT2D eigenvalue weighted by molar-refractivity contribution is 5.57. The standard InChI is InChI=1S/C11H23NO/c1-10(2,8-12(5)6)7-11(3,4)9-13/h9H,7-8H2,1-6H3. The first-order chi connectivity index (χ1) is 5.68. The number of aldehydes is 1. The zero-order chi connectivity index (χ0) is 10.7. The lowest BCUT2D eigenvalue weighted by Crippen LogP contribution is -2.33. The van der Waals surface area contributed by atoms with E-state index in [1.54, 1.807) is 0 Å². The van der Waals surface area contributed by atoms with Crippen molar-refractivity contribution in [1.29, 1.82) is 0 Å². The molecule has 0 aromatic carbocycles. The maximum Gasteiger partial charge on any atom is 0.125 e. The predicted molar refractivity (Wildman–Crippen MR) is 56.8 cm³/mol. The van der Waals surface area contributed by atoms with Crippen molar-refractivity contribution < 1.29 is 4.79 Å². The van der Waals surface area contributed by atoms with Gasteiger partial charge in [0.25, 0.3) is 0 Å². The normalized spacial score (nSPS) is 13.5. The molecular weight excluding hydrogens is 162 g/mol. The van der Waals surface area contributed by atoms with E-state index in [-0.39, 0.29) is 10.8 Å². The van der Waals surface area contributed by atoms with Gasteiger partial charge in [-0.05, 0) is 25.9 Å². The van der Waals surface area contributed by atoms with E-state index in [1.165, 1.54) is 0 Å². The molecule has 0 spiro atoms. The van der Waals surface area contributed by atoms with E-state index in [9.17, 15) is 4.79 Å². The van der Waals surface area contributed by atoms with Gasteiger partial charge in [0.1, 0.15) is 6.29 Å². The minimum atomic E-state index is -0.195. The van der Waals surface area contributed by atoms with Crippen LogP contribution in [0.25, 0.3) is 0 Å². The van der Waals surface area contributed by atoms with Crippen LogP contribution in [0.1, 0.15) is 34.1 Å². The third-order valence-electron chi connectivity index (χ3n) is 2.00. The van der Waals surface area contributed by atoms with Gasteiger partial charge in [-0.1, -0.05) is 27.7 Å². The molecule has 0 N–H and O–H groups in total. The average molecular weight is 185 g/mol. The maximum atomic E-state index is 10.8. The molecule has 2 heteroatoms. The van der Waals surface area contributed by atoms with Crippen LogP contribution in [0.3, 0.4) is 0 Å². The highest BCUT2D eigenvalue weighted by atomic mass is 16.1. The zero-order valence-corrected chi connectivity index (χ0v) is 9.85. The monoisotopic (exact) mass is 185 g/mol. The summed E-state index contributed by atoms with van der Waals surface area (Å²) in [5, 5.41) is 0. The van der Waals surface area contributed by atoms with Crippen LogP contribution < -0.4 is 0 Å². The van der Waals surface area contributed by atoms with Crippen molar-refractivity contribution >= 4 is 6.29 Å². The fourth-order valence-corrected chi connectivity index (χ4v) is 2.19. The Labute approximate surface area is 82.3 Å². The van der Waals surface area contributed by atoms with Crippen LogP contribution in [0.2, 0.25) is 0 Å². The lowest BCUT2D eigenvalue weighted by atomic mass is 9.76. The number of nitrogens with zero attached hydrogens (tertiary/aromatic N) is 1. The minimum absolute atomic E-state index is 0.195. The Morgan fingerprint density at radius 2 is 1.62 bits per heavy atom. The van der Waals surface area contributed by atoms with Crippen LogP contribution in [-0.4, -0.2) is 31.8 Å². The second kappa shape index (κ2) is 4.23. The van der Waals surface area contributed by atoms with Gasteiger partial charge >= 0.3 is 0 Å². The van der Waals surface area contributed by atoms with Gasteiger partial charge in [-0.15, -0.1) is 0 Å². The van der Waals surface area contributed by atoms with Crippen molar-refractivity contribution in [3.63, 3.8) is 0 Å². The summed E-state index contributed by atoms with van der Waals surface area (Å²) >= 11 is 0. The fraction of sp³-hybridized carbons (Fsp3) is 0.909. The smallest absolute Gasteiger partial charge is 0.125 e. The summed E-state index contributed by atoms with van der Waals surface area (Å²) in [5.41, 5.74) is 0.00736. The molecule has 0 atom stereocenters. The first-order valence-electron chi connectivity index (χ1n) is 4.80. The van der Waals surface area contributed by atoms with Gasteiger partial charge in [0.2, 0.25) is 0 Å². The molecule has 0 saturated carbocycles. The summed E-state index contributed by atoms with van der Waals surface area (Å²) in [4.78, 5) is 12.9. The van der Waals surface area contributed by atoms with E-state index in [0.717, 1.165) is 19.3 Å². The van der Waals surface area contributed by atoms with Crippen molar-refractivity contribution in [2.75, 3.05) is 20.6 Å². The van der Waals surface area contributed by atoms with Crippen molar-refractivity contribution in [3.8, 4) is 0 Å². The number of carbonyl (C=O) groups excluding carboxylic acids is 1. The molecule has 0 saturated heterocycles. The summed E-state index contributed by atoms with van der Waals surface area (Å²) in [6, 6.07) is 0. The summed E-state index contributed by atoms with van der Waals surface area (Å²) in [5.74, 6) is 0. The molecule has 0 radical (unpaired) electrons. The largest absolute Gasteiger partial charge is 0.309 e. The van der Waals surface area contributed by atoms with Crippen molar-refractivity contribution in [1.82, 2.24) is 4.90 Å². The molecule has 0 aliphatic heterocycles. The molecule has 0 fully saturated rings. The highest BCUT2D eigenvalue weighted by Gasteiger charge is 2.28. The molecule has 78 valence electrons. The lowest BCUT2D eigenvalue weighted by Gasteiger charge is -2.33. The molecule has 0 bridgehead atoms. The second-order valence-corrected chi connectivity index (χ2v) is 5.69. The Hall–Kier alpha value is -0.370. The lowest BCUT2D eigenvalue weighted by molar-refractivity contribution is -0.116. The Balaban J connectivity index is 4.23. The molecule has 2 nitrogen and oxygen atoms in total. The van der Waals surface area contributed by atoms with Crippen LogP contribution in [0.15, 0.2) is 0 Å². The average Bonchev–Trinajstić information content (AvgIpc) is 1.81. The molecule has 0 unspecified atom stereocenters. The van der Waals surface area contributed by atoms with Crippen LogP contribution in [0.4, 0.5) is 0 Å². The summed E-state index contributed by atoms with van der Waals surface area (Å²) in [7, 11) is 4.13. The molecule has 0 rings (SSSR count). The van der Waals surface area contributed by atoms with Crippen molar-refractivity contribution in [3.05, 3.63) is 0 Å². The van der Waals surface area contributed by atoms with Crippen LogP contribution >= 0.6 is 0 Å². The summed E-state index contributed by atoms with van der Waals surface area (Å²) in [6.45, 7) is 9.43. The molecule has 0 aliphatic rings. The number of hydrogen-bond acceptors (Lipinski definition) is 2. The molecule has 0 heterocycles. The third kappa shape index (κ3) is 5.81. The fourth-order valence-electron chi connectivity index (χ4n) is 2.19. The predicted octanol–water partition coefficient (Wildman–Crippen LogP) is 2.19. The van der Waals surface area contributed by atoms with E-state index < -0.39 is 0 Å². The quantitative estimate of drug-likeness (QED) is 0.612. The van der Waals surface area contributed by atoms with Gasteiger partial charge in [-0.3, -0.25) is 0 Å². The molecule has 0 amide bonds. The van der Waals surface area contributed by atoms with Crippen LogP contribution in [0.5, 0.6) is 0 Å². The molecule has 13 heavy (non-hydrogen) atoms. The highest BCUT2D eigenvalue weighted by Crippen LogP contribution is 2.32. The Kier molecular flexibility index (Phi) is 4.11. The van der Waals surface area contributed by atoms with E-state index in [2.05, 4.69) is 32.8 Å². The first-order valence-corrected chi connectivity index (χ1v) is 4.80. The molecule has 0 aromatic rings. The Bertz CT molecular complexity index is 171. The third-order valence-corrected chi connectivity index (χ3v) is 2.00. The zero-order valence-electron chi connectivity index (χ0n) is 9.85. The maximum absolute atomic E-state index is 10.8. The van der Waals surface area contributed by atoms with Gasteiger partial charge in [0, 0.05) is 12.0 Å². The topological polar surface area (TPSA) is 20.3 Å². The van der Waals surface area contributed by atoms with E-state index >= 15 is 0 Å². The SMILES string of the molecule is CN(C)CC(C)(C)CC(C)(C)C=O. The van der Waals surface area contributed by atoms with Gasteiger partial charge in [-0.25, -0.2) is 0 Å². The van der Waals surface area contributed by atoms with E-state index in [0.29, 0.717) is 0 Å². The number of hydrogen-bond donors (Lipinski definition) is 0. The number of carbonyl (C=O) groups is 1. The first kappa shape index (κ1) is 12.6. The van der Waals surface area contributed by atoms with Crippen LogP contribution in [0, 0.1) is 10.8 Å². The Morgan fingerprint density at radius 3 is 1.92 bits per heavy atom.